The standard InChI is InChI=1S/C18H20N6OS/c1-4-14(25)10-13-5-7-15(8-6-13)26-18-20-12(3)19-17(22-18)21-16-9-11(2)23-24-16/h5-9H,4,10H2,1-3H3,(H2,19,20,21,22,23,24). The van der Waals surface area contributed by atoms with Gasteiger partial charge in [-0.25, -0.2) is 4.98 Å². The Bertz CT molecular complexity index is 906. The van der Waals surface area contributed by atoms with Crippen LogP contribution in [-0.4, -0.2) is 30.9 Å². The summed E-state index contributed by atoms with van der Waals surface area (Å²) in [6, 6.07) is 9.77. The molecule has 8 heteroatoms. The minimum atomic E-state index is 0.239. The Morgan fingerprint density at radius 3 is 2.58 bits per heavy atom. The molecule has 0 spiro atoms. The van der Waals surface area contributed by atoms with Gasteiger partial charge < -0.3 is 5.32 Å². The van der Waals surface area contributed by atoms with Gasteiger partial charge in [-0.2, -0.15) is 15.1 Å². The minimum absolute atomic E-state index is 0.239. The van der Waals surface area contributed by atoms with Crippen LogP contribution in [0.25, 0.3) is 0 Å². The molecule has 2 heterocycles. The highest BCUT2D eigenvalue weighted by Crippen LogP contribution is 2.26. The number of ketones is 1. The number of aromatic nitrogens is 5. The van der Waals surface area contributed by atoms with E-state index in [2.05, 4.69) is 30.5 Å². The fourth-order valence-corrected chi connectivity index (χ4v) is 3.08. The van der Waals surface area contributed by atoms with Gasteiger partial charge in [0.25, 0.3) is 0 Å². The SMILES string of the molecule is CCC(=O)Cc1ccc(Sc2nc(C)nc(Nc3cc(C)[nH]n3)n2)cc1. The van der Waals surface area contributed by atoms with E-state index in [9.17, 15) is 4.79 Å². The lowest BCUT2D eigenvalue weighted by Gasteiger charge is -2.06. The topological polar surface area (TPSA) is 96.5 Å². The molecule has 0 saturated heterocycles. The Balaban J connectivity index is 1.72. The molecule has 3 aromatic rings. The highest BCUT2D eigenvalue weighted by Gasteiger charge is 2.08. The first kappa shape index (κ1) is 18.1. The molecule has 0 radical (unpaired) electrons. The number of hydrogen-bond acceptors (Lipinski definition) is 7. The van der Waals surface area contributed by atoms with Crippen molar-refractivity contribution < 1.29 is 4.79 Å². The summed E-state index contributed by atoms with van der Waals surface area (Å²) in [4.78, 5) is 25.7. The summed E-state index contributed by atoms with van der Waals surface area (Å²) in [6.07, 6.45) is 1.04. The van der Waals surface area contributed by atoms with Gasteiger partial charge in [0.15, 0.2) is 11.0 Å². The molecule has 0 aliphatic heterocycles. The number of carbonyl (C=O) groups is 1. The zero-order valence-corrected chi connectivity index (χ0v) is 15.7. The van der Waals surface area contributed by atoms with Gasteiger partial charge >= 0.3 is 0 Å². The number of aromatic amines is 1. The van der Waals surface area contributed by atoms with Crippen LogP contribution in [0.4, 0.5) is 11.8 Å². The van der Waals surface area contributed by atoms with E-state index in [1.54, 1.807) is 0 Å². The predicted octanol–water partition coefficient (Wildman–Crippen LogP) is 3.63. The van der Waals surface area contributed by atoms with E-state index >= 15 is 0 Å². The monoisotopic (exact) mass is 368 g/mol. The van der Waals surface area contributed by atoms with Crippen LogP contribution in [0.2, 0.25) is 0 Å². The first-order valence-electron chi connectivity index (χ1n) is 8.32. The fourth-order valence-electron chi connectivity index (χ4n) is 2.29. The van der Waals surface area contributed by atoms with Crippen LogP contribution in [0.15, 0.2) is 40.4 Å². The maximum Gasteiger partial charge on any atom is 0.232 e. The normalized spacial score (nSPS) is 10.7. The van der Waals surface area contributed by atoms with Crippen LogP contribution in [-0.2, 0) is 11.2 Å². The first-order chi connectivity index (χ1) is 12.5. The molecule has 7 nitrogen and oxygen atoms in total. The Morgan fingerprint density at radius 1 is 1.15 bits per heavy atom. The van der Waals surface area contributed by atoms with Crippen LogP contribution < -0.4 is 5.32 Å². The molecule has 0 saturated carbocycles. The molecule has 0 unspecified atom stereocenters. The van der Waals surface area contributed by atoms with E-state index in [1.165, 1.54) is 11.8 Å². The van der Waals surface area contributed by atoms with Crippen LogP contribution >= 0.6 is 11.8 Å². The summed E-state index contributed by atoms with van der Waals surface area (Å²) in [7, 11) is 0. The van der Waals surface area contributed by atoms with Crippen LogP contribution in [0.3, 0.4) is 0 Å². The van der Waals surface area contributed by atoms with Gasteiger partial charge in [0.1, 0.15) is 11.6 Å². The van der Waals surface area contributed by atoms with Gasteiger partial charge in [-0.05, 0) is 43.3 Å². The molecule has 2 N–H and O–H groups in total. The van der Waals surface area contributed by atoms with E-state index in [4.69, 9.17) is 0 Å². The van der Waals surface area contributed by atoms with Crippen LogP contribution in [0.1, 0.15) is 30.4 Å². The van der Waals surface area contributed by atoms with Gasteiger partial charge in [0.05, 0.1) is 0 Å². The molecule has 3 rings (SSSR count). The molecule has 26 heavy (non-hydrogen) atoms. The molecule has 0 bridgehead atoms. The quantitative estimate of drug-likeness (QED) is 0.657. The number of hydrogen-bond donors (Lipinski definition) is 2. The number of nitrogens with zero attached hydrogens (tertiary/aromatic N) is 4. The molecular formula is C18H20N6OS. The third kappa shape index (κ3) is 4.89. The number of Topliss-reactive ketones (excluding diaryl/α,β-unsaturated/α-hetero) is 1. The summed E-state index contributed by atoms with van der Waals surface area (Å²) in [5.74, 6) is 1.98. The Labute approximate surface area is 156 Å². The number of carbonyl (C=O) groups excluding carboxylic acids is 1. The third-order valence-electron chi connectivity index (χ3n) is 3.60. The molecule has 0 atom stereocenters. The number of H-pyrrole nitrogens is 1. The van der Waals surface area contributed by atoms with E-state index in [-0.39, 0.29) is 5.78 Å². The molecule has 0 fully saturated rings. The van der Waals surface area contributed by atoms with E-state index in [0.717, 1.165) is 16.2 Å². The lowest BCUT2D eigenvalue weighted by Crippen LogP contribution is -2.02. The second kappa shape index (κ2) is 8.09. The lowest BCUT2D eigenvalue weighted by molar-refractivity contribution is -0.118. The Morgan fingerprint density at radius 2 is 1.92 bits per heavy atom. The third-order valence-corrected chi connectivity index (χ3v) is 4.47. The maximum atomic E-state index is 11.5. The first-order valence-corrected chi connectivity index (χ1v) is 9.13. The fraction of sp³-hybridized carbons (Fsp3) is 0.278. The predicted molar refractivity (Wildman–Crippen MR) is 101 cm³/mol. The van der Waals surface area contributed by atoms with Crippen molar-refractivity contribution in [1.29, 1.82) is 0 Å². The van der Waals surface area contributed by atoms with E-state index in [0.29, 0.717) is 35.6 Å². The van der Waals surface area contributed by atoms with Crippen molar-refractivity contribution in [3.8, 4) is 0 Å². The zero-order valence-electron chi connectivity index (χ0n) is 14.9. The highest BCUT2D eigenvalue weighted by molar-refractivity contribution is 7.99. The van der Waals surface area contributed by atoms with Crippen molar-refractivity contribution in [3.05, 3.63) is 47.4 Å². The van der Waals surface area contributed by atoms with Crippen molar-refractivity contribution in [2.75, 3.05) is 5.32 Å². The maximum absolute atomic E-state index is 11.5. The molecular weight excluding hydrogens is 348 g/mol. The zero-order chi connectivity index (χ0) is 18.5. The van der Waals surface area contributed by atoms with Gasteiger partial charge in [-0.15, -0.1) is 0 Å². The summed E-state index contributed by atoms with van der Waals surface area (Å²) in [6.45, 7) is 5.63. The molecule has 134 valence electrons. The van der Waals surface area contributed by atoms with Crippen molar-refractivity contribution in [1.82, 2.24) is 25.1 Å². The second-order valence-electron chi connectivity index (χ2n) is 5.87. The summed E-state index contributed by atoms with van der Waals surface area (Å²) in [5.41, 5.74) is 1.97. The Hall–Kier alpha value is -2.74. The average molecular weight is 368 g/mol. The molecule has 0 aliphatic carbocycles. The van der Waals surface area contributed by atoms with Gasteiger partial charge in [-0.3, -0.25) is 9.89 Å². The molecule has 0 amide bonds. The molecule has 0 aliphatic rings. The summed E-state index contributed by atoms with van der Waals surface area (Å²) in [5, 5.41) is 10.7. The highest BCUT2D eigenvalue weighted by atomic mass is 32.2. The van der Waals surface area contributed by atoms with Crippen LogP contribution in [0.5, 0.6) is 0 Å². The summed E-state index contributed by atoms with van der Waals surface area (Å²) >= 11 is 1.45. The largest absolute Gasteiger partial charge is 0.307 e. The number of aryl methyl sites for hydroxylation is 2. The number of rotatable bonds is 7. The molecule has 1 aromatic carbocycles. The van der Waals surface area contributed by atoms with Gasteiger partial charge in [0.2, 0.25) is 5.95 Å². The van der Waals surface area contributed by atoms with Crippen molar-refractivity contribution >= 4 is 29.3 Å². The van der Waals surface area contributed by atoms with Gasteiger partial charge in [0, 0.05) is 29.5 Å². The number of anilines is 2. The number of nitrogens with one attached hydrogen (secondary N) is 2. The average Bonchev–Trinajstić information content (AvgIpc) is 3.01. The number of benzene rings is 1. The Kier molecular flexibility index (Phi) is 5.62. The van der Waals surface area contributed by atoms with Crippen molar-refractivity contribution in [3.63, 3.8) is 0 Å². The van der Waals surface area contributed by atoms with Crippen molar-refractivity contribution in [2.24, 2.45) is 0 Å². The summed E-state index contributed by atoms with van der Waals surface area (Å²) < 4.78 is 0. The minimum Gasteiger partial charge on any atom is -0.307 e. The smallest absolute Gasteiger partial charge is 0.232 e. The van der Waals surface area contributed by atoms with E-state index in [1.807, 2.05) is 51.1 Å². The van der Waals surface area contributed by atoms with E-state index < -0.39 is 0 Å². The molecule has 2 aromatic heterocycles. The van der Waals surface area contributed by atoms with Gasteiger partial charge in [-0.1, -0.05) is 19.1 Å². The second-order valence-corrected chi connectivity index (χ2v) is 6.91. The lowest BCUT2D eigenvalue weighted by atomic mass is 10.1. The van der Waals surface area contributed by atoms with Crippen LogP contribution in [0, 0.1) is 13.8 Å². The van der Waals surface area contributed by atoms with Crippen molar-refractivity contribution in [2.45, 2.75) is 43.7 Å².